The SMILES string of the molecule is c1cc(CNC2CC2)ccc1CCC1CC1. The summed E-state index contributed by atoms with van der Waals surface area (Å²) < 4.78 is 0. The van der Waals surface area contributed by atoms with E-state index in [0.29, 0.717) is 0 Å². The molecule has 16 heavy (non-hydrogen) atoms. The van der Waals surface area contributed by atoms with E-state index in [-0.39, 0.29) is 0 Å². The quantitative estimate of drug-likeness (QED) is 0.768. The summed E-state index contributed by atoms with van der Waals surface area (Å²) in [6, 6.07) is 10.0. The highest BCUT2D eigenvalue weighted by molar-refractivity contribution is 5.22. The summed E-state index contributed by atoms with van der Waals surface area (Å²) in [4.78, 5) is 0. The molecule has 0 radical (unpaired) electrons. The number of benzene rings is 1. The average Bonchev–Trinajstić information content (AvgIpc) is 3.17. The molecule has 2 fully saturated rings. The Balaban J connectivity index is 1.47. The van der Waals surface area contributed by atoms with Gasteiger partial charge in [0.15, 0.2) is 0 Å². The van der Waals surface area contributed by atoms with E-state index in [1.54, 1.807) is 0 Å². The Bertz CT molecular complexity index is 298. The summed E-state index contributed by atoms with van der Waals surface area (Å²) in [5.74, 6) is 1.05. The minimum Gasteiger partial charge on any atom is -0.310 e. The Labute approximate surface area is 98.3 Å². The Hall–Kier alpha value is -0.820. The fourth-order valence-corrected chi connectivity index (χ4v) is 2.15. The molecule has 86 valence electrons. The third-order valence-corrected chi connectivity index (χ3v) is 3.73. The monoisotopic (exact) mass is 215 g/mol. The maximum atomic E-state index is 3.55. The van der Waals surface area contributed by atoms with Gasteiger partial charge in [-0.2, -0.15) is 0 Å². The second-order valence-corrected chi connectivity index (χ2v) is 5.45. The summed E-state index contributed by atoms with van der Waals surface area (Å²) in [6.07, 6.45) is 8.38. The smallest absolute Gasteiger partial charge is 0.0208 e. The van der Waals surface area contributed by atoms with Gasteiger partial charge in [-0.3, -0.25) is 0 Å². The van der Waals surface area contributed by atoms with Gasteiger partial charge in [-0.25, -0.2) is 0 Å². The van der Waals surface area contributed by atoms with Crippen LogP contribution >= 0.6 is 0 Å². The highest BCUT2D eigenvalue weighted by Crippen LogP contribution is 2.33. The van der Waals surface area contributed by atoms with E-state index in [0.717, 1.165) is 18.5 Å². The first kappa shape index (κ1) is 10.3. The molecule has 0 unspecified atom stereocenters. The van der Waals surface area contributed by atoms with Gasteiger partial charge in [0.25, 0.3) is 0 Å². The second kappa shape index (κ2) is 4.58. The third-order valence-electron chi connectivity index (χ3n) is 3.73. The van der Waals surface area contributed by atoms with Gasteiger partial charge in [-0.15, -0.1) is 0 Å². The van der Waals surface area contributed by atoms with E-state index in [4.69, 9.17) is 0 Å². The molecule has 0 saturated heterocycles. The molecular weight excluding hydrogens is 194 g/mol. The van der Waals surface area contributed by atoms with Gasteiger partial charge in [0.1, 0.15) is 0 Å². The number of hydrogen-bond donors (Lipinski definition) is 1. The second-order valence-electron chi connectivity index (χ2n) is 5.45. The van der Waals surface area contributed by atoms with Crippen molar-refractivity contribution >= 4 is 0 Å². The fraction of sp³-hybridized carbons (Fsp3) is 0.600. The molecule has 2 saturated carbocycles. The molecule has 1 heteroatoms. The first-order valence-corrected chi connectivity index (χ1v) is 6.71. The summed E-state index contributed by atoms with van der Waals surface area (Å²) in [5.41, 5.74) is 2.95. The first-order chi connectivity index (χ1) is 7.90. The van der Waals surface area contributed by atoms with Crippen LogP contribution < -0.4 is 5.32 Å². The van der Waals surface area contributed by atoms with Crippen molar-refractivity contribution in [1.82, 2.24) is 5.32 Å². The van der Waals surface area contributed by atoms with Gasteiger partial charge in [0.05, 0.1) is 0 Å². The standard InChI is InChI=1S/C15H21N/c1-2-12(1)3-4-13-5-7-14(8-6-13)11-16-15-9-10-15/h5-8,12,15-16H,1-4,9-11H2. The predicted octanol–water partition coefficient (Wildman–Crippen LogP) is 3.28. The van der Waals surface area contributed by atoms with Crippen LogP contribution in [0.3, 0.4) is 0 Å². The van der Waals surface area contributed by atoms with E-state index in [1.807, 2.05) is 0 Å². The zero-order valence-corrected chi connectivity index (χ0v) is 9.91. The van der Waals surface area contributed by atoms with Crippen LogP contribution in [0.25, 0.3) is 0 Å². The summed E-state index contributed by atoms with van der Waals surface area (Å²) >= 11 is 0. The molecule has 1 aromatic carbocycles. The normalized spacial score (nSPS) is 20.0. The number of aryl methyl sites for hydroxylation is 1. The lowest BCUT2D eigenvalue weighted by Crippen LogP contribution is -2.15. The van der Waals surface area contributed by atoms with E-state index in [1.165, 1.54) is 49.7 Å². The summed E-state index contributed by atoms with van der Waals surface area (Å²) in [6.45, 7) is 1.05. The van der Waals surface area contributed by atoms with Gasteiger partial charge in [-0.1, -0.05) is 37.1 Å². The molecule has 1 N–H and O–H groups in total. The molecule has 1 nitrogen and oxygen atoms in total. The Morgan fingerprint density at radius 3 is 2.25 bits per heavy atom. The van der Waals surface area contributed by atoms with E-state index in [2.05, 4.69) is 29.6 Å². The molecule has 0 aromatic heterocycles. The lowest BCUT2D eigenvalue weighted by molar-refractivity contribution is 0.686. The van der Waals surface area contributed by atoms with Crippen molar-refractivity contribution in [3.05, 3.63) is 35.4 Å². The zero-order chi connectivity index (χ0) is 10.8. The Morgan fingerprint density at radius 2 is 1.62 bits per heavy atom. The maximum absolute atomic E-state index is 3.55. The van der Waals surface area contributed by atoms with Gasteiger partial charge < -0.3 is 5.32 Å². The summed E-state index contributed by atoms with van der Waals surface area (Å²) in [5, 5.41) is 3.55. The van der Waals surface area contributed by atoms with Crippen molar-refractivity contribution in [2.24, 2.45) is 5.92 Å². The predicted molar refractivity (Wildman–Crippen MR) is 67.3 cm³/mol. The van der Waals surface area contributed by atoms with E-state index < -0.39 is 0 Å². The van der Waals surface area contributed by atoms with Crippen LogP contribution in [0.4, 0.5) is 0 Å². The third kappa shape index (κ3) is 3.08. The molecule has 3 rings (SSSR count). The molecule has 2 aliphatic rings. The number of hydrogen-bond acceptors (Lipinski definition) is 1. The molecule has 0 atom stereocenters. The summed E-state index contributed by atoms with van der Waals surface area (Å²) in [7, 11) is 0. The van der Waals surface area contributed by atoms with Gasteiger partial charge >= 0.3 is 0 Å². The van der Waals surface area contributed by atoms with Crippen LogP contribution in [0.2, 0.25) is 0 Å². The van der Waals surface area contributed by atoms with E-state index in [9.17, 15) is 0 Å². The van der Waals surface area contributed by atoms with Crippen LogP contribution in [-0.4, -0.2) is 6.04 Å². The van der Waals surface area contributed by atoms with Crippen molar-refractivity contribution in [1.29, 1.82) is 0 Å². The molecule has 0 amide bonds. The molecule has 0 aliphatic heterocycles. The zero-order valence-electron chi connectivity index (χ0n) is 9.91. The minimum absolute atomic E-state index is 0.814. The topological polar surface area (TPSA) is 12.0 Å². The van der Waals surface area contributed by atoms with Crippen LogP contribution in [0.15, 0.2) is 24.3 Å². The molecule has 0 spiro atoms. The van der Waals surface area contributed by atoms with E-state index >= 15 is 0 Å². The fourth-order valence-electron chi connectivity index (χ4n) is 2.15. The lowest BCUT2D eigenvalue weighted by atomic mass is 10.1. The van der Waals surface area contributed by atoms with Crippen molar-refractivity contribution in [3.63, 3.8) is 0 Å². The van der Waals surface area contributed by atoms with Gasteiger partial charge in [0.2, 0.25) is 0 Å². The molecule has 2 aliphatic carbocycles. The average molecular weight is 215 g/mol. The highest BCUT2D eigenvalue weighted by Gasteiger charge is 2.21. The number of nitrogens with one attached hydrogen (secondary N) is 1. The Morgan fingerprint density at radius 1 is 0.938 bits per heavy atom. The molecular formula is C15H21N. The highest BCUT2D eigenvalue weighted by atomic mass is 14.9. The van der Waals surface area contributed by atoms with Crippen molar-refractivity contribution in [2.45, 2.75) is 51.1 Å². The largest absolute Gasteiger partial charge is 0.310 e. The van der Waals surface area contributed by atoms with Crippen molar-refractivity contribution < 1.29 is 0 Å². The maximum Gasteiger partial charge on any atom is 0.0208 e. The van der Waals surface area contributed by atoms with Crippen molar-refractivity contribution in [3.8, 4) is 0 Å². The molecule has 1 aromatic rings. The van der Waals surface area contributed by atoms with Crippen molar-refractivity contribution in [2.75, 3.05) is 0 Å². The lowest BCUT2D eigenvalue weighted by Gasteiger charge is -2.05. The minimum atomic E-state index is 0.814. The van der Waals surface area contributed by atoms with Crippen LogP contribution in [0.5, 0.6) is 0 Å². The molecule has 0 bridgehead atoms. The van der Waals surface area contributed by atoms with Crippen LogP contribution in [0, 0.1) is 5.92 Å². The van der Waals surface area contributed by atoms with Crippen LogP contribution in [-0.2, 0) is 13.0 Å². The Kier molecular flexibility index (Phi) is 2.96. The number of rotatable bonds is 6. The van der Waals surface area contributed by atoms with Gasteiger partial charge in [0, 0.05) is 12.6 Å². The van der Waals surface area contributed by atoms with Gasteiger partial charge in [-0.05, 0) is 42.7 Å². The first-order valence-electron chi connectivity index (χ1n) is 6.71. The molecule has 0 heterocycles. The van der Waals surface area contributed by atoms with Crippen LogP contribution in [0.1, 0.15) is 43.2 Å².